The zero-order chi connectivity index (χ0) is 21.2. The second kappa shape index (κ2) is 11.7. The number of ether oxygens (including phenoxy) is 3. The minimum absolute atomic E-state index is 0.0394. The minimum atomic E-state index is -0.706. The SMILES string of the molecule is COC(CNC(=O)C(=O)NC[C@@H](c1ccc(N(C)C)cc1)[NH+]1CCOCC1)OC. The fourth-order valence-electron chi connectivity index (χ4n) is 3.28. The molecule has 2 amide bonds. The van der Waals surface area contributed by atoms with Crippen LogP contribution in [0, 0.1) is 0 Å². The van der Waals surface area contributed by atoms with E-state index in [0.29, 0.717) is 19.8 Å². The number of morpholine rings is 1. The van der Waals surface area contributed by atoms with E-state index < -0.39 is 18.1 Å². The van der Waals surface area contributed by atoms with Crippen LogP contribution >= 0.6 is 0 Å². The molecule has 162 valence electrons. The number of nitrogens with one attached hydrogen (secondary N) is 3. The Morgan fingerprint density at radius 2 is 1.59 bits per heavy atom. The Morgan fingerprint density at radius 3 is 2.10 bits per heavy atom. The highest BCUT2D eigenvalue weighted by Crippen LogP contribution is 2.16. The van der Waals surface area contributed by atoms with Gasteiger partial charge in [-0.05, 0) is 12.1 Å². The molecule has 1 aliphatic heterocycles. The third kappa shape index (κ3) is 6.97. The zero-order valence-corrected chi connectivity index (χ0v) is 17.7. The van der Waals surface area contributed by atoms with Gasteiger partial charge in [-0.25, -0.2) is 0 Å². The molecule has 0 aromatic heterocycles. The van der Waals surface area contributed by atoms with Crippen LogP contribution in [0.25, 0.3) is 0 Å². The molecule has 1 saturated heterocycles. The van der Waals surface area contributed by atoms with E-state index in [4.69, 9.17) is 14.2 Å². The normalized spacial score (nSPS) is 15.8. The van der Waals surface area contributed by atoms with Crippen LogP contribution in [-0.2, 0) is 23.8 Å². The van der Waals surface area contributed by atoms with Crippen molar-refractivity contribution in [1.82, 2.24) is 10.6 Å². The molecule has 0 bridgehead atoms. The highest BCUT2D eigenvalue weighted by Gasteiger charge is 2.28. The summed E-state index contributed by atoms with van der Waals surface area (Å²) in [6.07, 6.45) is -0.590. The summed E-state index contributed by atoms with van der Waals surface area (Å²) in [4.78, 5) is 27.7. The fourth-order valence-corrected chi connectivity index (χ4v) is 3.28. The monoisotopic (exact) mass is 409 g/mol. The summed E-state index contributed by atoms with van der Waals surface area (Å²) in [5.41, 5.74) is 2.23. The van der Waals surface area contributed by atoms with Crippen LogP contribution in [0.2, 0.25) is 0 Å². The highest BCUT2D eigenvalue weighted by atomic mass is 16.7. The standard InChI is InChI=1S/C20H32N4O5/c1-23(2)16-7-5-15(6-8-16)17(24-9-11-29-12-10-24)13-21-19(25)20(26)22-14-18(27-3)28-4/h5-8,17-18H,9-14H2,1-4H3,(H,21,25)(H,22,26)/p+1/t17-/m0/s1. The van der Waals surface area contributed by atoms with Gasteiger partial charge in [-0.1, -0.05) is 12.1 Å². The molecule has 2 rings (SSSR count). The van der Waals surface area contributed by atoms with Crippen molar-refractivity contribution >= 4 is 17.5 Å². The second-order valence-electron chi connectivity index (χ2n) is 7.13. The van der Waals surface area contributed by atoms with Gasteiger partial charge in [0.15, 0.2) is 6.29 Å². The maximum Gasteiger partial charge on any atom is 0.309 e. The minimum Gasteiger partial charge on any atom is -0.378 e. The summed E-state index contributed by atoms with van der Waals surface area (Å²) < 4.78 is 15.5. The molecule has 0 unspecified atom stereocenters. The number of benzene rings is 1. The Morgan fingerprint density at radius 1 is 1.03 bits per heavy atom. The van der Waals surface area contributed by atoms with Gasteiger partial charge in [-0.3, -0.25) is 9.59 Å². The van der Waals surface area contributed by atoms with Crippen LogP contribution in [0.4, 0.5) is 5.69 Å². The Bertz CT molecular complexity index is 643. The third-order valence-electron chi connectivity index (χ3n) is 5.07. The van der Waals surface area contributed by atoms with E-state index in [1.54, 1.807) is 0 Å². The molecule has 0 spiro atoms. The summed E-state index contributed by atoms with van der Waals surface area (Å²) in [6.45, 7) is 3.54. The molecule has 1 aliphatic rings. The van der Waals surface area contributed by atoms with Gasteiger partial charge in [-0.15, -0.1) is 0 Å². The summed E-state index contributed by atoms with van der Waals surface area (Å²) in [6, 6.07) is 8.32. The van der Waals surface area contributed by atoms with Crippen molar-refractivity contribution < 1.29 is 28.7 Å². The quantitative estimate of drug-likeness (QED) is 0.342. The summed E-state index contributed by atoms with van der Waals surface area (Å²) >= 11 is 0. The molecular weight excluding hydrogens is 376 g/mol. The number of amides is 2. The Labute approximate surface area is 172 Å². The van der Waals surface area contributed by atoms with Crippen molar-refractivity contribution in [3.8, 4) is 0 Å². The molecule has 0 aliphatic carbocycles. The molecule has 1 heterocycles. The van der Waals surface area contributed by atoms with Crippen LogP contribution in [0.1, 0.15) is 11.6 Å². The Kier molecular flexibility index (Phi) is 9.33. The molecule has 0 radical (unpaired) electrons. The van der Waals surface area contributed by atoms with Crippen LogP contribution in [0.15, 0.2) is 24.3 Å². The largest absolute Gasteiger partial charge is 0.378 e. The van der Waals surface area contributed by atoms with Crippen molar-refractivity contribution in [2.45, 2.75) is 12.3 Å². The lowest BCUT2D eigenvalue weighted by atomic mass is 10.0. The molecule has 9 heteroatoms. The van der Waals surface area contributed by atoms with Gasteiger partial charge in [0.1, 0.15) is 19.1 Å². The first-order chi connectivity index (χ1) is 14.0. The van der Waals surface area contributed by atoms with E-state index in [2.05, 4.69) is 34.9 Å². The van der Waals surface area contributed by atoms with Crippen molar-refractivity contribution in [2.75, 3.05) is 72.6 Å². The smallest absolute Gasteiger partial charge is 0.309 e. The molecule has 3 N–H and O–H groups in total. The maximum atomic E-state index is 12.2. The van der Waals surface area contributed by atoms with Crippen LogP contribution in [-0.4, -0.2) is 85.8 Å². The summed E-state index contributed by atoms with van der Waals surface area (Å²) in [5, 5.41) is 5.28. The topological polar surface area (TPSA) is 93.6 Å². The molecule has 0 saturated carbocycles. The van der Waals surface area contributed by atoms with Gasteiger partial charge >= 0.3 is 11.8 Å². The number of nitrogens with zero attached hydrogens (tertiary/aromatic N) is 1. The van der Waals surface area contributed by atoms with Gasteiger partial charge < -0.3 is 34.6 Å². The van der Waals surface area contributed by atoms with Crippen molar-refractivity contribution in [3.63, 3.8) is 0 Å². The van der Waals surface area contributed by atoms with Crippen LogP contribution in [0.3, 0.4) is 0 Å². The van der Waals surface area contributed by atoms with Gasteiger partial charge in [-0.2, -0.15) is 0 Å². The van der Waals surface area contributed by atoms with Crippen LogP contribution < -0.4 is 20.4 Å². The lowest BCUT2D eigenvalue weighted by Crippen LogP contribution is -3.15. The van der Waals surface area contributed by atoms with Gasteiger partial charge in [0.25, 0.3) is 0 Å². The highest BCUT2D eigenvalue weighted by molar-refractivity contribution is 6.35. The lowest BCUT2D eigenvalue weighted by molar-refractivity contribution is -0.937. The summed E-state index contributed by atoms with van der Waals surface area (Å²) in [5.74, 6) is -1.37. The summed E-state index contributed by atoms with van der Waals surface area (Å²) in [7, 11) is 6.93. The number of hydrogen-bond acceptors (Lipinski definition) is 6. The van der Waals surface area contributed by atoms with E-state index in [9.17, 15) is 9.59 Å². The van der Waals surface area contributed by atoms with Crippen molar-refractivity contribution in [2.24, 2.45) is 0 Å². The van der Waals surface area contributed by atoms with E-state index >= 15 is 0 Å². The first-order valence-electron chi connectivity index (χ1n) is 9.77. The third-order valence-corrected chi connectivity index (χ3v) is 5.07. The predicted molar refractivity (Wildman–Crippen MR) is 109 cm³/mol. The molecule has 1 aromatic rings. The molecule has 1 fully saturated rings. The second-order valence-corrected chi connectivity index (χ2v) is 7.13. The number of quaternary nitrogens is 1. The first-order valence-corrected chi connectivity index (χ1v) is 9.77. The number of hydrogen-bond donors (Lipinski definition) is 3. The number of methoxy groups -OCH3 is 2. The van der Waals surface area contributed by atoms with E-state index in [1.807, 2.05) is 19.0 Å². The average Bonchev–Trinajstić information content (AvgIpc) is 2.75. The Hall–Kier alpha value is -2.20. The average molecular weight is 410 g/mol. The zero-order valence-electron chi connectivity index (χ0n) is 17.7. The molecule has 29 heavy (non-hydrogen) atoms. The van der Waals surface area contributed by atoms with Crippen LogP contribution in [0.5, 0.6) is 0 Å². The van der Waals surface area contributed by atoms with Crippen molar-refractivity contribution in [3.05, 3.63) is 29.8 Å². The van der Waals surface area contributed by atoms with Gasteiger partial charge in [0.2, 0.25) is 0 Å². The predicted octanol–water partition coefficient (Wildman–Crippen LogP) is -1.44. The number of anilines is 1. The number of rotatable bonds is 9. The van der Waals surface area contributed by atoms with Crippen molar-refractivity contribution in [1.29, 1.82) is 0 Å². The molecule has 9 nitrogen and oxygen atoms in total. The number of carbonyl (C=O) groups excluding carboxylic acids is 2. The maximum absolute atomic E-state index is 12.2. The first kappa shape index (κ1) is 23.1. The van der Waals surface area contributed by atoms with Gasteiger partial charge in [0.05, 0.1) is 26.3 Å². The van der Waals surface area contributed by atoms with E-state index in [1.165, 1.54) is 19.1 Å². The van der Waals surface area contributed by atoms with E-state index in [-0.39, 0.29) is 12.6 Å². The van der Waals surface area contributed by atoms with Gasteiger partial charge in [0, 0.05) is 39.6 Å². The molecular formula is C20H33N4O5+. The van der Waals surface area contributed by atoms with E-state index in [0.717, 1.165) is 24.3 Å². The fraction of sp³-hybridized carbons (Fsp3) is 0.600. The molecule has 1 aromatic carbocycles. The Balaban J connectivity index is 2.00. The molecule has 1 atom stereocenters. The number of carbonyl (C=O) groups is 2. The lowest BCUT2D eigenvalue weighted by Gasteiger charge is -2.32.